The summed E-state index contributed by atoms with van der Waals surface area (Å²) in [5.74, 6) is 7.34. The molecular formula is C23H28O. The highest BCUT2D eigenvalue weighted by Gasteiger charge is 1.95. The maximum Gasteiger partial charge on any atom is 0.119 e. The van der Waals surface area contributed by atoms with E-state index in [0.717, 1.165) is 16.9 Å². The fourth-order valence-corrected chi connectivity index (χ4v) is 2.63. The minimum absolute atomic E-state index is 0.690. The number of hydrogen-bond donors (Lipinski definition) is 0. The summed E-state index contributed by atoms with van der Waals surface area (Å²) in [6, 6.07) is 16.6. The minimum Gasteiger partial charge on any atom is -0.494 e. The van der Waals surface area contributed by atoms with Crippen molar-refractivity contribution in [1.29, 1.82) is 0 Å². The monoisotopic (exact) mass is 320 g/mol. The van der Waals surface area contributed by atoms with Crippen LogP contribution in [0.4, 0.5) is 0 Å². The Kier molecular flexibility index (Phi) is 7.98. The van der Waals surface area contributed by atoms with Gasteiger partial charge in [-0.25, -0.2) is 0 Å². The molecule has 2 aromatic rings. The first-order chi connectivity index (χ1) is 11.8. The Bertz CT molecular complexity index is 641. The lowest BCUT2D eigenvalue weighted by Crippen LogP contribution is -1.90. The molecule has 0 saturated carbocycles. The van der Waals surface area contributed by atoms with Crippen LogP contribution in [0, 0.1) is 11.8 Å². The highest BCUT2D eigenvalue weighted by atomic mass is 16.5. The van der Waals surface area contributed by atoms with E-state index in [1.54, 1.807) is 0 Å². The van der Waals surface area contributed by atoms with Crippen molar-refractivity contribution in [3.63, 3.8) is 0 Å². The Morgan fingerprint density at radius 3 is 1.88 bits per heavy atom. The number of unbranched alkanes of at least 4 members (excludes halogenated alkanes) is 4. The van der Waals surface area contributed by atoms with Gasteiger partial charge in [0.2, 0.25) is 0 Å². The first-order valence-corrected chi connectivity index (χ1v) is 9.15. The zero-order valence-corrected chi connectivity index (χ0v) is 15.0. The summed E-state index contributed by atoms with van der Waals surface area (Å²) in [7, 11) is 0. The van der Waals surface area contributed by atoms with Gasteiger partial charge in [0.1, 0.15) is 5.75 Å². The van der Waals surface area contributed by atoms with Crippen molar-refractivity contribution in [2.45, 2.75) is 52.4 Å². The van der Waals surface area contributed by atoms with E-state index in [9.17, 15) is 0 Å². The topological polar surface area (TPSA) is 9.23 Å². The SMILES string of the molecule is CCCCCCCc1ccc(C#Cc2ccc(OCC)cc2)cc1. The quantitative estimate of drug-likeness (QED) is 0.428. The smallest absolute Gasteiger partial charge is 0.119 e. The maximum absolute atomic E-state index is 5.44. The van der Waals surface area contributed by atoms with Crippen molar-refractivity contribution >= 4 is 0 Å². The van der Waals surface area contributed by atoms with Crippen molar-refractivity contribution in [2.75, 3.05) is 6.61 Å². The predicted octanol–water partition coefficient (Wildman–Crippen LogP) is 6.00. The molecule has 1 heteroatoms. The summed E-state index contributed by atoms with van der Waals surface area (Å²) >= 11 is 0. The van der Waals surface area contributed by atoms with Crippen molar-refractivity contribution < 1.29 is 4.74 Å². The average molecular weight is 320 g/mol. The summed E-state index contributed by atoms with van der Waals surface area (Å²) in [5, 5.41) is 0. The molecule has 0 unspecified atom stereocenters. The highest BCUT2D eigenvalue weighted by molar-refractivity contribution is 5.44. The second kappa shape index (κ2) is 10.6. The Hall–Kier alpha value is -2.20. The summed E-state index contributed by atoms with van der Waals surface area (Å²) in [4.78, 5) is 0. The second-order valence-electron chi connectivity index (χ2n) is 6.07. The van der Waals surface area contributed by atoms with Gasteiger partial charge in [0.15, 0.2) is 0 Å². The summed E-state index contributed by atoms with van der Waals surface area (Å²) in [5.41, 5.74) is 3.50. The summed E-state index contributed by atoms with van der Waals surface area (Å²) in [6.07, 6.45) is 7.84. The molecule has 0 aromatic heterocycles. The standard InChI is InChI=1S/C23H28O/c1-3-5-6-7-8-9-20-10-12-21(13-11-20)14-15-22-16-18-23(19-17-22)24-4-2/h10-13,16-19H,3-9H2,1-2H3. The van der Waals surface area contributed by atoms with Gasteiger partial charge in [0.25, 0.3) is 0 Å². The molecule has 0 fully saturated rings. The molecule has 0 radical (unpaired) electrons. The molecule has 2 rings (SSSR count). The van der Waals surface area contributed by atoms with Crippen molar-refractivity contribution in [3.8, 4) is 17.6 Å². The van der Waals surface area contributed by atoms with Gasteiger partial charge in [-0.1, -0.05) is 56.6 Å². The molecule has 0 aliphatic heterocycles. The van der Waals surface area contributed by atoms with Crippen LogP contribution >= 0.6 is 0 Å². The Morgan fingerprint density at radius 2 is 1.29 bits per heavy atom. The number of rotatable bonds is 8. The lowest BCUT2D eigenvalue weighted by Gasteiger charge is -2.02. The Balaban J connectivity index is 1.85. The van der Waals surface area contributed by atoms with Gasteiger partial charge in [0.05, 0.1) is 6.61 Å². The third-order valence-corrected chi connectivity index (χ3v) is 4.04. The average Bonchev–Trinajstić information content (AvgIpc) is 2.62. The molecule has 0 aliphatic rings. The van der Waals surface area contributed by atoms with Crippen LogP contribution in [0.25, 0.3) is 0 Å². The van der Waals surface area contributed by atoms with E-state index in [-0.39, 0.29) is 0 Å². The lowest BCUT2D eigenvalue weighted by molar-refractivity contribution is 0.340. The maximum atomic E-state index is 5.44. The van der Waals surface area contributed by atoms with Crippen LogP contribution in [-0.4, -0.2) is 6.61 Å². The van der Waals surface area contributed by atoms with Crippen molar-refractivity contribution in [3.05, 3.63) is 65.2 Å². The molecule has 0 aliphatic carbocycles. The number of aryl methyl sites for hydroxylation is 1. The molecule has 1 nitrogen and oxygen atoms in total. The number of hydrogen-bond acceptors (Lipinski definition) is 1. The van der Waals surface area contributed by atoms with Crippen molar-refractivity contribution in [2.24, 2.45) is 0 Å². The molecule has 2 aromatic carbocycles. The van der Waals surface area contributed by atoms with Gasteiger partial charge in [0, 0.05) is 11.1 Å². The minimum atomic E-state index is 0.690. The van der Waals surface area contributed by atoms with Gasteiger partial charge in [-0.15, -0.1) is 0 Å². The molecule has 0 atom stereocenters. The van der Waals surface area contributed by atoms with E-state index in [1.165, 1.54) is 44.1 Å². The van der Waals surface area contributed by atoms with Crippen LogP contribution < -0.4 is 4.74 Å². The van der Waals surface area contributed by atoms with Crippen LogP contribution in [0.2, 0.25) is 0 Å². The van der Waals surface area contributed by atoms with Gasteiger partial charge in [-0.05, 0) is 61.7 Å². The van der Waals surface area contributed by atoms with Crippen LogP contribution in [0.15, 0.2) is 48.5 Å². The van der Waals surface area contributed by atoms with E-state index in [4.69, 9.17) is 4.74 Å². The van der Waals surface area contributed by atoms with Gasteiger partial charge < -0.3 is 4.74 Å². The normalized spacial score (nSPS) is 10.1. The van der Waals surface area contributed by atoms with Crippen LogP contribution in [-0.2, 0) is 6.42 Å². The fraction of sp³-hybridized carbons (Fsp3) is 0.391. The molecular weight excluding hydrogens is 292 g/mol. The van der Waals surface area contributed by atoms with Crippen LogP contribution in [0.1, 0.15) is 62.6 Å². The zero-order valence-electron chi connectivity index (χ0n) is 15.0. The summed E-state index contributed by atoms with van der Waals surface area (Å²) < 4.78 is 5.44. The van der Waals surface area contributed by atoms with Gasteiger partial charge in [-0.2, -0.15) is 0 Å². The van der Waals surface area contributed by atoms with Crippen LogP contribution in [0.5, 0.6) is 5.75 Å². The lowest BCUT2D eigenvalue weighted by atomic mass is 10.0. The molecule has 0 spiro atoms. The molecule has 24 heavy (non-hydrogen) atoms. The van der Waals surface area contributed by atoms with Gasteiger partial charge >= 0.3 is 0 Å². The molecule has 0 N–H and O–H groups in total. The Labute approximate surface area is 147 Å². The predicted molar refractivity (Wildman–Crippen MR) is 102 cm³/mol. The van der Waals surface area contributed by atoms with Crippen LogP contribution in [0.3, 0.4) is 0 Å². The van der Waals surface area contributed by atoms with E-state index >= 15 is 0 Å². The molecule has 126 valence electrons. The van der Waals surface area contributed by atoms with Gasteiger partial charge in [-0.3, -0.25) is 0 Å². The second-order valence-corrected chi connectivity index (χ2v) is 6.07. The fourth-order valence-electron chi connectivity index (χ4n) is 2.63. The highest BCUT2D eigenvalue weighted by Crippen LogP contribution is 2.12. The zero-order chi connectivity index (χ0) is 17.0. The first kappa shape index (κ1) is 18.1. The van der Waals surface area contributed by atoms with Crippen molar-refractivity contribution in [1.82, 2.24) is 0 Å². The van der Waals surface area contributed by atoms with E-state index < -0.39 is 0 Å². The molecule has 0 amide bonds. The molecule has 0 saturated heterocycles. The molecule has 0 bridgehead atoms. The first-order valence-electron chi connectivity index (χ1n) is 9.15. The van der Waals surface area contributed by atoms with E-state index in [1.807, 2.05) is 31.2 Å². The van der Waals surface area contributed by atoms with E-state index in [0.29, 0.717) is 6.61 Å². The number of ether oxygens (including phenoxy) is 1. The summed E-state index contributed by atoms with van der Waals surface area (Å²) in [6.45, 7) is 4.94. The Morgan fingerprint density at radius 1 is 0.708 bits per heavy atom. The third-order valence-electron chi connectivity index (χ3n) is 4.04. The number of benzene rings is 2. The third kappa shape index (κ3) is 6.50. The molecule has 0 heterocycles. The largest absolute Gasteiger partial charge is 0.494 e. The van der Waals surface area contributed by atoms with E-state index in [2.05, 4.69) is 43.0 Å².